The molecule has 0 radical (unpaired) electrons. The summed E-state index contributed by atoms with van der Waals surface area (Å²) < 4.78 is 68.3. The van der Waals surface area contributed by atoms with Crippen LogP contribution in [-0.4, -0.2) is 50.1 Å². The van der Waals surface area contributed by atoms with Gasteiger partial charge in [0.1, 0.15) is 30.2 Å². The number of rotatable bonds is 9. The molecule has 1 saturated heterocycles. The molecule has 10 heteroatoms. The Morgan fingerprint density at radius 2 is 2.00 bits per heavy atom. The maximum Gasteiger partial charge on any atom is 0.301 e. The molecule has 1 aliphatic rings. The number of halogens is 3. The van der Waals surface area contributed by atoms with Crippen LogP contribution >= 0.6 is 0 Å². The van der Waals surface area contributed by atoms with E-state index in [2.05, 4.69) is 9.97 Å². The molecule has 194 valence electrons. The Labute approximate surface area is 207 Å². The van der Waals surface area contributed by atoms with E-state index in [1.165, 1.54) is 26.4 Å². The molecular weight excluding hydrogens is 475 g/mol. The van der Waals surface area contributed by atoms with Crippen LogP contribution in [0.3, 0.4) is 0 Å². The molecule has 1 unspecified atom stereocenters. The summed E-state index contributed by atoms with van der Waals surface area (Å²) in [7, 11) is 3.01. The van der Waals surface area contributed by atoms with Crippen LogP contribution in [0.2, 0.25) is 0 Å². The number of anilines is 1. The van der Waals surface area contributed by atoms with E-state index in [9.17, 15) is 0 Å². The van der Waals surface area contributed by atoms with E-state index in [0.717, 1.165) is 6.07 Å². The fourth-order valence-corrected chi connectivity index (χ4v) is 4.71. The zero-order valence-corrected chi connectivity index (χ0v) is 20.7. The van der Waals surface area contributed by atoms with Crippen molar-refractivity contribution in [3.63, 3.8) is 0 Å². The third-order valence-electron chi connectivity index (χ3n) is 6.46. The Kier molecular flexibility index (Phi) is 7.56. The summed E-state index contributed by atoms with van der Waals surface area (Å²) in [6, 6.07) is 5.67. The number of nitrogen functional groups attached to an aromatic ring is 1. The number of ether oxygens (including phenoxy) is 4. The van der Waals surface area contributed by atoms with Gasteiger partial charge in [-0.25, -0.2) is 14.4 Å². The first-order chi connectivity index (χ1) is 17.2. The van der Waals surface area contributed by atoms with E-state index < -0.39 is 29.3 Å². The average molecular weight is 506 g/mol. The highest BCUT2D eigenvalue weighted by Gasteiger charge is 2.46. The number of aromatic nitrogens is 2. The second-order valence-electron chi connectivity index (χ2n) is 8.77. The lowest BCUT2D eigenvalue weighted by Crippen LogP contribution is -2.31. The van der Waals surface area contributed by atoms with Crippen molar-refractivity contribution in [3.05, 3.63) is 52.6 Å². The summed E-state index contributed by atoms with van der Waals surface area (Å²) in [6.07, 6.45) is -0.693. The van der Waals surface area contributed by atoms with Crippen LogP contribution in [0.25, 0.3) is 10.9 Å². The Balaban J connectivity index is 1.92. The fourth-order valence-electron chi connectivity index (χ4n) is 4.71. The quantitative estimate of drug-likeness (QED) is 0.404. The van der Waals surface area contributed by atoms with Crippen molar-refractivity contribution in [2.24, 2.45) is 0 Å². The van der Waals surface area contributed by atoms with Crippen molar-refractivity contribution < 1.29 is 32.1 Å². The Morgan fingerprint density at radius 1 is 1.22 bits per heavy atom. The molecule has 7 nitrogen and oxygen atoms in total. The topological polar surface area (TPSA) is 88.7 Å². The molecule has 0 bridgehead atoms. The number of methoxy groups -OCH3 is 2. The molecule has 3 aromatic rings. The summed E-state index contributed by atoms with van der Waals surface area (Å²) in [5, 5.41) is 0.442. The molecule has 1 fully saturated rings. The molecule has 2 atom stereocenters. The summed E-state index contributed by atoms with van der Waals surface area (Å²) in [6.45, 7) is 4.08. The number of alkyl halides is 2. The first-order valence-corrected chi connectivity index (χ1v) is 11.7. The third-order valence-corrected chi connectivity index (χ3v) is 6.46. The number of nitrogens with two attached hydrogens (primary N) is 1. The summed E-state index contributed by atoms with van der Waals surface area (Å²) in [5.41, 5.74) is 6.57. The van der Waals surface area contributed by atoms with Gasteiger partial charge >= 0.3 is 5.92 Å². The number of benzene rings is 2. The monoisotopic (exact) mass is 505 g/mol. The van der Waals surface area contributed by atoms with Gasteiger partial charge in [0.05, 0.1) is 30.2 Å². The minimum Gasteiger partial charge on any atom is -0.493 e. The van der Waals surface area contributed by atoms with E-state index in [0.29, 0.717) is 40.2 Å². The van der Waals surface area contributed by atoms with E-state index in [4.69, 9.17) is 24.7 Å². The Hall–Kier alpha value is -3.11. The number of nitrogens with zero attached hydrogens (tertiary/aromatic N) is 2. The van der Waals surface area contributed by atoms with Crippen molar-refractivity contribution in [1.29, 1.82) is 0 Å². The molecule has 2 heterocycles. The molecule has 4 rings (SSSR count). The zero-order valence-electron chi connectivity index (χ0n) is 20.7. The highest BCUT2D eigenvalue weighted by atomic mass is 19.3. The second kappa shape index (κ2) is 10.5. The molecule has 0 saturated carbocycles. The van der Waals surface area contributed by atoms with E-state index in [1.54, 1.807) is 19.9 Å². The first-order valence-electron chi connectivity index (χ1n) is 11.7. The maximum atomic E-state index is 15.9. The third kappa shape index (κ3) is 4.67. The largest absolute Gasteiger partial charge is 0.493 e. The Bertz CT molecular complexity index is 1250. The molecular formula is C26H30F3N3O4. The molecule has 36 heavy (non-hydrogen) atoms. The smallest absolute Gasteiger partial charge is 0.301 e. The first kappa shape index (κ1) is 26.0. The van der Waals surface area contributed by atoms with Gasteiger partial charge in [0, 0.05) is 31.3 Å². The van der Waals surface area contributed by atoms with Gasteiger partial charge in [-0.05, 0) is 31.4 Å². The fraction of sp³-hybridized carbons (Fsp3) is 0.462. The van der Waals surface area contributed by atoms with Gasteiger partial charge in [0.25, 0.3) is 0 Å². The van der Waals surface area contributed by atoms with Crippen LogP contribution in [0.5, 0.6) is 11.5 Å². The lowest BCUT2D eigenvalue weighted by molar-refractivity contribution is -0.124. The normalized spacial score (nSPS) is 16.9. The van der Waals surface area contributed by atoms with Crippen LogP contribution in [0.4, 0.5) is 19.0 Å². The standard InChI is InChI=1S/C26H30F3N3O4/c1-14(16-7-5-8-17(23(16)27)26(28,29)20-9-6-10-35-20)21-22-18(31-15(2)32-25(22)30)13-19(34-4)24(21)36-12-11-33-3/h5,7-8,13-14,20H,6,9-12H2,1-4H3,(H2,30,31,32)/t14-,20?/m0/s1. The molecule has 2 N–H and O–H groups in total. The molecule has 0 spiro atoms. The number of fused-ring (bicyclic) bond motifs is 1. The van der Waals surface area contributed by atoms with Gasteiger partial charge in [0.2, 0.25) is 0 Å². The number of hydrogen-bond donors (Lipinski definition) is 1. The van der Waals surface area contributed by atoms with Crippen molar-refractivity contribution in [2.75, 3.05) is 39.8 Å². The van der Waals surface area contributed by atoms with Gasteiger partial charge < -0.3 is 24.7 Å². The van der Waals surface area contributed by atoms with Crippen LogP contribution in [-0.2, 0) is 15.4 Å². The van der Waals surface area contributed by atoms with Crippen LogP contribution in [0.1, 0.15) is 48.2 Å². The molecule has 2 aromatic carbocycles. The maximum absolute atomic E-state index is 15.9. The van der Waals surface area contributed by atoms with Crippen molar-refractivity contribution in [3.8, 4) is 11.5 Å². The second-order valence-corrected chi connectivity index (χ2v) is 8.77. The molecule has 0 amide bonds. The minimum absolute atomic E-state index is 0.0521. The van der Waals surface area contributed by atoms with E-state index in [-0.39, 0.29) is 37.6 Å². The highest BCUT2D eigenvalue weighted by Crippen LogP contribution is 2.47. The predicted octanol–water partition coefficient (Wildman–Crippen LogP) is 5.12. The van der Waals surface area contributed by atoms with E-state index >= 15 is 13.2 Å². The van der Waals surface area contributed by atoms with E-state index in [1.807, 2.05) is 0 Å². The van der Waals surface area contributed by atoms with Gasteiger partial charge in [0.15, 0.2) is 11.5 Å². The van der Waals surface area contributed by atoms with Crippen LogP contribution in [0.15, 0.2) is 24.3 Å². The minimum atomic E-state index is -3.48. The Morgan fingerprint density at radius 3 is 2.67 bits per heavy atom. The van der Waals surface area contributed by atoms with Crippen molar-refractivity contribution in [1.82, 2.24) is 9.97 Å². The van der Waals surface area contributed by atoms with Crippen molar-refractivity contribution >= 4 is 16.7 Å². The summed E-state index contributed by atoms with van der Waals surface area (Å²) in [5.74, 6) is -4.00. The summed E-state index contributed by atoms with van der Waals surface area (Å²) in [4.78, 5) is 8.75. The van der Waals surface area contributed by atoms with Crippen LogP contribution in [0, 0.1) is 12.7 Å². The zero-order chi connectivity index (χ0) is 26.0. The van der Waals surface area contributed by atoms with Crippen molar-refractivity contribution in [2.45, 2.75) is 44.6 Å². The molecule has 1 aliphatic heterocycles. The number of hydrogen-bond acceptors (Lipinski definition) is 7. The predicted molar refractivity (Wildman–Crippen MR) is 129 cm³/mol. The highest BCUT2D eigenvalue weighted by molar-refractivity contribution is 5.95. The van der Waals surface area contributed by atoms with Crippen LogP contribution < -0.4 is 15.2 Å². The lowest BCUT2D eigenvalue weighted by Gasteiger charge is -2.26. The van der Waals surface area contributed by atoms with Gasteiger partial charge in [-0.3, -0.25) is 0 Å². The van der Waals surface area contributed by atoms with Gasteiger partial charge in [-0.2, -0.15) is 8.78 Å². The molecule has 0 aliphatic carbocycles. The summed E-state index contributed by atoms with van der Waals surface area (Å²) >= 11 is 0. The van der Waals surface area contributed by atoms with Gasteiger partial charge in [-0.1, -0.05) is 19.1 Å². The van der Waals surface area contributed by atoms with Gasteiger partial charge in [-0.15, -0.1) is 0 Å². The average Bonchev–Trinajstić information content (AvgIpc) is 3.39. The lowest BCUT2D eigenvalue weighted by atomic mass is 9.86. The molecule has 1 aromatic heterocycles. The SMILES string of the molecule is COCCOc1c(OC)cc2nc(C)nc(N)c2c1[C@@H](C)c1cccc(C(F)(F)C2CCCO2)c1F. The number of aryl methyl sites for hydroxylation is 1.